The third kappa shape index (κ3) is 5.45. The summed E-state index contributed by atoms with van der Waals surface area (Å²) in [5.41, 5.74) is 1.90. The molecule has 9 nitrogen and oxygen atoms in total. The monoisotopic (exact) mass is 481 g/mol. The van der Waals surface area contributed by atoms with Crippen molar-refractivity contribution in [2.45, 2.75) is 31.2 Å². The number of hydrogen-bond acceptors (Lipinski definition) is 9. The van der Waals surface area contributed by atoms with E-state index in [2.05, 4.69) is 9.97 Å². The van der Waals surface area contributed by atoms with Crippen molar-refractivity contribution in [3.8, 4) is 11.5 Å². The van der Waals surface area contributed by atoms with Crippen molar-refractivity contribution in [3.63, 3.8) is 0 Å². The van der Waals surface area contributed by atoms with E-state index in [1.54, 1.807) is 31.4 Å². The normalized spacial score (nSPS) is 15.4. The molecule has 10 heteroatoms. The highest BCUT2D eigenvalue weighted by molar-refractivity contribution is 7.98. The third-order valence-corrected chi connectivity index (χ3v) is 6.08. The molecule has 1 amide bonds. The first-order valence-corrected chi connectivity index (χ1v) is 11.5. The van der Waals surface area contributed by atoms with Crippen LogP contribution in [0, 0.1) is 19.8 Å². The number of ether oxygens (including phenoxy) is 2. The van der Waals surface area contributed by atoms with Gasteiger partial charge in [0.15, 0.2) is 5.16 Å². The van der Waals surface area contributed by atoms with Gasteiger partial charge in [0.05, 0.1) is 18.8 Å². The Hall–Kier alpha value is -3.66. The standard InChI is InChI=1S/C24H23N3O6S/c1-14-8-15(2)26-24(25-14)34-13-19-10-20(28)21(12-32-19)33-23(30)16-9-22(29)27(11-16)17-4-6-18(31-3)7-5-17/h4-8,10,12,16H,9,11,13H2,1-3H3. The van der Waals surface area contributed by atoms with Gasteiger partial charge < -0.3 is 18.8 Å². The molecule has 0 saturated carbocycles. The summed E-state index contributed by atoms with van der Waals surface area (Å²) < 4.78 is 15.9. The molecule has 1 aromatic carbocycles. The van der Waals surface area contributed by atoms with Gasteiger partial charge in [-0.2, -0.15) is 0 Å². The van der Waals surface area contributed by atoms with Crippen molar-refractivity contribution in [3.05, 3.63) is 70.0 Å². The second kappa shape index (κ2) is 10.1. The number of anilines is 1. The first-order valence-electron chi connectivity index (χ1n) is 10.6. The van der Waals surface area contributed by atoms with E-state index in [1.807, 2.05) is 19.9 Å². The molecule has 4 rings (SSSR count). The second-order valence-electron chi connectivity index (χ2n) is 7.82. The predicted octanol–water partition coefficient (Wildman–Crippen LogP) is 3.31. The van der Waals surface area contributed by atoms with Gasteiger partial charge in [0.1, 0.15) is 17.8 Å². The molecule has 3 heterocycles. The molecule has 0 spiro atoms. The van der Waals surface area contributed by atoms with Crippen LogP contribution in [0.2, 0.25) is 0 Å². The van der Waals surface area contributed by atoms with Crippen LogP contribution in [0.3, 0.4) is 0 Å². The van der Waals surface area contributed by atoms with E-state index in [-0.39, 0.29) is 24.6 Å². The Morgan fingerprint density at radius 3 is 2.50 bits per heavy atom. The lowest BCUT2D eigenvalue weighted by molar-refractivity contribution is -0.139. The third-order valence-electron chi connectivity index (χ3n) is 5.21. The van der Waals surface area contributed by atoms with E-state index >= 15 is 0 Å². The smallest absolute Gasteiger partial charge is 0.316 e. The summed E-state index contributed by atoms with van der Waals surface area (Å²) in [7, 11) is 1.56. The van der Waals surface area contributed by atoms with Gasteiger partial charge in [-0.05, 0) is 44.2 Å². The van der Waals surface area contributed by atoms with Crippen molar-refractivity contribution < 1.29 is 23.5 Å². The van der Waals surface area contributed by atoms with Gasteiger partial charge in [-0.3, -0.25) is 14.4 Å². The Bertz CT molecular complexity index is 1250. The van der Waals surface area contributed by atoms with E-state index in [0.717, 1.165) is 17.7 Å². The van der Waals surface area contributed by atoms with Gasteiger partial charge in [-0.1, -0.05) is 11.8 Å². The number of aryl methyl sites for hydroxylation is 2. The Morgan fingerprint density at radius 1 is 1.15 bits per heavy atom. The number of hydrogen-bond donors (Lipinski definition) is 0. The molecule has 1 aliphatic rings. The first kappa shape index (κ1) is 23.5. The van der Waals surface area contributed by atoms with E-state index in [1.165, 1.54) is 22.7 Å². The molecule has 1 atom stereocenters. The molecule has 1 aliphatic heterocycles. The fourth-order valence-corrected chi connectivity index (χ4v) is 4.39. The van der Waals surface area contributed by atoms with Gasteiger partial charge >= 0.3 is 5.97 Å². The van der Waals surface area contributed by atoms with Crippen LogP contribution in [-0.2, 0) is 15.3 Å². The van der Waals surface area contributed by atoms with E-state index in [4.69, 9.17) is 13.9 Å². The molecule has 176 valence electrons. The number of rotatable bonds is 7. The maximum Gasteiger partial charge on any atom is 0.316 e. The lowest BCUT2D eigenvalue weighted by Gasteiger charge is -2.16. The Balaban J connectivity index is 1.37. The van der Waals surface area contributed by atoms with Crippen LogP contribution >= 0.6 is 11.8 Å². The molecule has 1 fully saturated rings. The lowest BCUT2D eigenvalue weighted by atomic mass is 10.1. The van der Waals surface area contributed by atoms with Crippen molar-refractivity contribution in [1.29, 1.82) is 0 Å². The zero-order valence-corrected chi connectivity index (χ0v) is 19.8. The Morgan fingerprint density at radius 2 is 1.85 bits per heavy atom. The fourth-order valence-electron chi connectivity index (χ4n) is 3.55. The predicted molar refractivity (Wildman–Crippen MR) is 125 cm³/mol. The fraction of sp³-hybridized carbons (Fsp3) is 0.292. The number of methoxy groups -OCH3 is 1. The maximum atomic E-state index is 12.6. The van der Waals surface area contributed by atoms with Gasteiger partial charge in [0, 0.05) is 36.1 Å². The highest BCUT2D eigenvalue weighted by Crippen LogP contribution is 2.28. The summed E-state index contributed by atoms with van der Waals surface area (Å²) in [6, 6.07) is 10.1. The molecule has 34 heavy (non-hydrogen) atoms. The zero-order valence-electron chi connectivity index (χ0n) is 18.9. The topological polar surface area (TPSA) is 112 Å². The number of amides is 1. The highest BCUT2D eigenvalue weighted by atomic mass is 32.2. The Kier molecular flexibility index (Phi) is 6.97. The van der Waals surface area contributed by atoms with Crippen LogP contribution < -0.4 is 19.8 Å². The molecule has 0 N–H and O–H groups in total. The quantitative estimate of drug-likeness (QED) is 0.285. The van der Waals surface area contributed by atoms with Crippen molar-refractivity contribution >= 4 is 29.3 Å². The van der Waals surface area contributed by atoms with Crippen molar-refractivity contribution in [2.24, 2.45) is 5.92 Å². The van der Waals surface area contributed by atoms with Gasteiger partial charge in [0.2, 0.25) is 17.1 Å². The summed E-state index contributed by atoms with van der Waals surface area (Å²) in [6.45, 7) is 3.94. The Labute approximate surface area is 200 Å². The minimum atomic E-state index is -0.689. The maximum absolute atomic E-state index is 12.6. The number of carbonyl (C=O) groups excluding carboxylic acids is 2. The minimum absolute atomic E-state index is 0.000822. The molecule has 3 aromatic rings. The van der Waals surface area contributed by atoms with Crippen LogP contribution in [0.4, 0.5) is 5.69 Å². The summed E-state index contributed by atoms with van der Waals surface area (Å²) in [5.74, 6) is -0.327. The summed E-state index contributed by atoms with van der Waals surface area (Å²) in [5, 5.41) is 0.586. The summed E-state index contributed by atoms with van der Waals surface area (Å²) in [4.78, 5) is 47.7. The van der Waals surface area contributed by atoms with Crippen molar-refractivity contribution in [2.75, 3.05) is 18.6 Å². The average molecular weight is 482 g/mol. The second-order valence-corrected chi connectivity index (χ2v) is 8.76. The lowest BCUT2D eigenvalue weighted by Crippen LogP contribution is -2.28. The van der Waals surface area contributed by atoms with E-state index in [0.29, 0.717) is 28.1 Å². The van der Waals surface area contributed by atoms with Crippen LogP contribution in [0.25, 0.3) is 0 Å². The summed E-state index contributed by atoms with van der Waals surface area (Å²) in [6.07, 6.45) is 1.12. The molecule has 0 radical (unpaired) electrons. The number of thioether (sulfide) groups is 1. The van der Waals surface area contributed by atoms with E-state index in [9.17, 15) is 14.4 Å². The molecular formula is C24H23N3O6S. The average Bonchev–Trinajstić information content (AvgIpc) is 3.20. The van der Waals surface area contributed by atoms with Gasteiger partial charge in [-0.15, -0.1) is 0 Å². The molecule has 2 aromatic heterocycles. The number of benzene rings is 1. The van der Waals surface area contributed by atoms with Gasteiger partial charge in [-0.25, -0.2) is 9.97 Å². The van der Waals surface area contributed by atoms with Gasteiger partial charge in [0.25, 0.3) is 0 Å². The van der Waals surface area contributed by atoms with Crippen LogP contribution in [0.15, 0.2) is 57.0 Å². The van der Waals surface area contributed by atoms with E-state index < -0.39 is 17.3 Å². The van der Waals surface area contributed by atoms with Crippen LogP contribution in [-0.4, -0.2) is 35.5 Å². The molecule has 1 saturated heterocycles. The molecule has 1 unspecified atom stereocenters. The number of nitrogens with zero attached hydrogens (tertiary/aromatic N) is 3. The minimum Gasteiger partial charge on any atom is -0.497 e. The first-order chi connectivity index (χ1) is 16.3. The molecule has 0 bridgehead atoms. The molecule has 0 aliphatic carbocycles. The highest BCUT2D eigenvalue weighted by Gasteiger charge is 2.36. The number of aromatic nitrogens is 2. The van der Waals surface area contributed by atoms with Crippen molar-refractivity contribution in [1.82, 2.24) is 9.97 Å². The number of esters is 1. The SMILES string of the molecule is COc1ccc(N2CC(C(=O)Oc3coc(CSc4nc(C)cc(C)n4)cc3=O)CC2=O)cc1. The molecular weight excluding hydrogens is 458 g/mol. The number of carbonyl (C=O) groups is 2. The van der Waals surface area contributed by atoms with Crippen LogP contribution in [0.5, 0.6) is 11.5 Å². The van der Waals surface area contributed by atoms with Crippen LogP contribution in [0.1, 0.15) is 23.6 Å². The largest absolute Gasteiger partial charge is 0.497 e. The zero-order chi connectivity index (χ0) is 24.2. The summed E-state index contributed by atoms with van der Waals surface area (Å²) >= 11 is 1.34.